The fourth-order valence-electron chi connectivity index (χ4n) is 1.64. The zero-order valence-corrected chi connectivity index (χ0v) is 14.6. The van der Waals surface area contributed by atoms with E-state index in [1.165, 1.54) is 18.4 Å². The molecule has 1 aromatic carbocycles. The molecule has 1 N–H and O–H groups in total. The van der Waals surface area contributed by atoms with Crippen LogP contribution in [-0.4, -0.2) is 29.0 Å². The van der Waals surface area contributed by atoms with E-state index in [-0.39, 0.29) is 5.91 Å². The number of nitrogens with one attached hydrogen (secondary N) is 1. The molecule has 0 aliphatic heterocycles. The summed E-state index contributed by atoms with van der Waals surface area (Å²) in [5, 5.41) is 11.7. The predicted octanol–water partition coefficient (Wildman–Crippen LogP) is 4.34. The second-order valence-electron chi connectivity index (χ2n) is 4.37. The topological polar surface area (TPSA) is 64.1 Å². The number of methoxy groups -OCH3 is 1. The summed E-state index contributed by atoms with van der Waals surface area (Å²) in [7, 11) is 1.51. The summed E-state index contributed by atoms with van der Waals surface area (Å²) in [6.45, 7) is 2.14. The van der Waals surface area contributed by atoms with Crippen LogP contribution in [0.1, 0.15) is 30.1 Å². The molecule has 118 valence electrons. The fourth-order valence-corrected chi connectivity index (χ4v) is 3.72. The van der Waals surface area contributed by atoms with E-state index in [4.69, 9.17) is 16.3 Å². The van der Waals surface area contributed by atoms with Crippen LogP contribution in [0.5, 0.6) is 5.75 Å². The molecule has 0 atom stereocenters. The predicted molar refractivity (Wildman–Crippen MR) is 91.5 cm³/mol. The molecule has 0 bridgehead atoms. The molecule has 0 radical (unpaired) electrons. The van der Waals surface area contributed by atoms with Crippen molar-refractivity contribution in [1.82, 2.24) is 10.2 Å². The Labute approximate surface area is 142 Å². The maximum atomic E-state index is 12.3. The van der Waals surface area contributed by atoms with Crippen LogP contribution in [0.25, 0.3) is 0 Å². The van der Waals surface area contributed by atoms with Gasteiger partial charge in [0.25, 0.3) is 5.91 Å². The average molecular weight is 358 g/mol. The summed E-state index contributed by atoms with van der Waals surface area (Å²) in [6, 6.07) is 4.89. The number of benzene rings is 1. The first-order valence-corrected chi connectivity index (χ1v) is 8.93. The minimum absolute atomic E-state index is 0.319. The fraction of sp³-hybridized carbons (Fsp3) is 0.357. The van der Waals surface area contributed by atoms with E-state index in [9.17, 15) is 4.79 Å². The van der Waals surface area contributed by atoms with Gasteiger partial charge in [-0.15, -0.1) is 10.2 Å². The zero-order chi connectivity index (χ0) is 15.9. The van der Waals surface area contributed by atoms with Crippen LogP contribution in [-0.2, 0) is 0 Å². The molecule has 1 amide bonds. The highest BCUT2D eigenvalue weighted by Gasteiger charge is 2.15. The largest absolute Gasteiger partial charge is 0.496 e. The van der Waals surface area contributed by atoms with Gasteiger partial charge in [-0.1, -0.05) is 48.0 Å². The van der Waals surface area contributed by atoms with Crippen LogP contribution in [0.4, 0.5) is 5.13 Å². The Hall–Kier alpha value is -1.31. The number of amides is 1. The molecule has 1 aromatic heterocycles. The van der Waals surface area contributed by atoms with Crippen molar-refractivity contribution in [3.8, 4) is 5.75 Å². The number of carbonyl (C=O) groups excluding carboxylic acids is 1. The highest BCUT2D eigenvalue weighted by molar-refractivity contribution is 8.01. The minimum Gasteiger partial charge on any atom is -0.496 e. The molecule has 0 spiro atoms. The first-order valence-electron chi connectivity index (χ1n) is 6.75. The van der Waals surface area contributed by atoms with Crippen molar-refractivity contribution >= 4 is 45.7 Å². The highest BCUT2D eigenvalue weighted by Crippen LogP contribution is 2.28. The first kappa shape index (κ1) is 17.1. The summed E-state index contributed by atoms with van der Waals surface area (Å²) in [6.07, 6.45) is 2.27. The number of carbonyl (C=O) groups is 1. The lowest BCUT2D eigenvalue weighted by atomic mass is 10.2. The summed E-state index contributed by atoms with van der Waals surface area (Å²) in [5.74, 6) is 1.14. The molecule has 1 heterocycles. The monoisotopic (exact) mass is 357 g/mol. The third kappa shape index (κ3) is 4.59. The maximum Gasteiger partial charge on any atom is 0.261 e. The SMILES string of the molecule is CCCCSc1nnc(NC(=O)c2cc(Cl)ccc2OC)s1. The number of anilines is 1. The van der Waals surface area contributed by atoms with Crippen LogP contribution < -0.4 is 10.1 Å². The van der Waals surface area contributed by atoms with Gasteiger partial charge >= 0.3 is 0 Å². The van der Waals surface area contributed by atoms with Crippen molar-refractivity contribution in [1.29, 1.82) is 0 Å². The lowest BCUT2D eigenvalue weighted by Crippen LogP contribution is -2.13. The second kappa shape index (κ2) is 8.36. The number of halogens is 1. The third-order valence-corrected chi connectivity index (χ3v) is 5.05. The Morgan fingerprint density at radius 1 is 1.45 bits per heavy atom. The van der Waals surface area contributed by atoms with Crippen molar-refractivity contribution in [3.63, 3.8) is 0 Å². The molecule has 0 unspecified atom stereocenters. The van der Waals surface area contributed by atoms with Crippen molar-refractivity contribution < 1.29 is 9.53 Å². The standard InChI is InChI=1S/C14H16ClN3O2S2/c1-3-4-7-21-14-18-17-13(22-14)16-12(19)10-8-9(15)5-6-11(10)20-2/h5-6,8H,3-4,7H2,1-2H3,(H,16,17,19). The second-order valence-corrected chi connectivity index (χ2v) is 7.13. The average Bonchev–Trinajstić information content (AvgIpc) is 2.95. The van der Waals surface area contributed by atoms with Crippen LogP contribution in [0.2, 0.25) is 5.02 Å². The number of hydrogen-bond donors (Lipinski definition) is 1. The first-order chi connectivity index (χ1) is 10.6. The van der Waals surface area contributed by atoms with Crippen molar-refractivity contribution in [2.75, 3.05) is 18.2 Å². The highest BCUT2D eigenvalue weighted by atomic mass is 35.5. The molecule has 0 aliphatic rings. The molecule has 0 fully saturated rings. The molecular weight excluding hydrogens is 342 g/mol. The van der Waals surface area contributed by atoms with Gasteiger partial charge in [-0.3, -0.25) is 10.1 Å². The van der Waals surface area contributed by atoms with Gasteiger partial charge in [-0.05, 0) is 24.6 Å². The molecule has 8 heteroatoms. The number of unbranched alkanes of at least 4 members (excludes halogenated alkanes) is 1. The summed E-state index contributed by atoms with van der Waals surface area (Å²) < 4.78 is 6.02. The number of ether oxygens (including phenoxy) is 1. The zero-order valence-electron chi connectivity index (χ0n) is 12.3. The van der Waals surface area contributed by atoms with Gasteiger partial charge in [0.1, 0.15) is 5.75 Å². The van der Waals surface area contributed by atoms with Crippen LogP contribution >= 0.6 is 34.7 Å². The van der Waals surface area contributed by atoms with E-state index in [2.05, 4.69) is 22.4 Å². The molecular formula is C14H16ClN3O2S2. The van der Waals surface area contributed by atoms with Gasteiger partial charge in [0.15, 0.2) is 4.34 Å². The van der Waals surface area contributed by atoms with Crippen LogP contribution in [0, 0.1) is 0 Å². The lowest BCUT2D eigenvalue weighted by Gasteiger charge is -2.07. The normalized spacial score (nSPS) is 10.5. The number of nitrogens with zero attached hydrogens (tertiary/aromatic N) is 2. The van der Waals surface area contributed by atoms with E-state index in [0.717, 1.165) is 22.9 Å². The Balaban J connectivity index is 2.04. The molecule has 0 saturated heterocycles. The summed E-state index contributed by atoms with van der Waals surface area (Å²) in [5.41, 5.74) is 0.366. The van der Waals surface area contributed by atoms with Crippen molar-refractivity contribution in [2.45, 2.75) is 24.1 Å². The minimum atomic E-state index is -0.319. The van der Waals surface area contributed by atoms with Crippen molar-refractivity contribution in [2.24, 2.45) is 0 Å². The summed E-state index contributed by atoms with van der Waals surface area (Å²) >= 11 is 8.94. The van der Waals surface area contributed by atoms with E-state index < -0.39 is 0 Å². The summed E-state index contributed by atoms with van der Waals surface area (Å²) in [4.78, 5) is 12.3. The maximum absolute atomic E-state index is 12.3. The number of hydrogen-bond acceptors (Lipinski definition) is 6. The van der Waals surface area contributed by atoms with Gasteiger partial charge in [-0.25, -0.2) is 0 Å². The van der Waals surface area contributed by atoms with E-state index in [0.29, 0.717) is 21.5 Å². The Kier molecular flexibility index (Phi) is 6.48. The Bertz CT molecular complexity index is 649. The molecule has 2 aromatic rings. The van der Waals surface area contributed by atoms with Crippen LogP contribution in [0.15, 0.2) is 22.5 Å². The number of rotatable bonds is 7. The third-order valence-electron chi connectivity index (χ3n) is 2.76. The van der Waals surface area contributed by atoms with Crippen LogP contribution in [0.3, 0.4) is 0 Å². The van der Waals surface area contributed by atoms with Gasteiger partial charge < -0.3 is 4.74 Å². The number of aromatic nitrogens is 2. The molecule has 5 nitrogen and oxygen atoms in total. The van der Waals surface area contributed by atoms with Gasteiger partial charge in [0.05, 0.1) is 12.7 Å². The number of thioether (sulfide) groups is 1. The van der Waals surface area contributed by atoms with Gasteiger partial charge in [0.2, 0.25) is 5.13 Å². The van der Waals surface area contributed by atoms with Gasteiger partial charge in [0, 0.05) is 10.8 Å². The quantitative estimate of drug-likeness (QED) is 0.453. The Morgan fingerprint density at radius 2 is 2.27 bits per heavy atom. The molecule has 0 saturated carbocycles. The van der Waals surface area contributed by atoms with E-state index in [1.54, 1.807) is 30.0 Å². The molecule has 2 rings (SSSR count). The molecule has 0 aliphatic carbocycles. The van der Waals surface area contributed by atoms with Gasteiger partial charge in [-0.2, -0.15) is 0 Å². The van der Waals surface area contributed by atoms with E-state index >= 15 is 0 Å². The lowest BCUT2D eigenvalue weighted by molar-refractivity contribution is 0.102. The molecule has 22 heavy (non-hydrogen) atoms. The Morgan fingerprint density at radius 3 is 3.00 bits per heavy atom. The van der Waals surface area contributed by atoms with E-state index in [1.807, 2.05) is 0 Å². The van der Waals surface area contributed by atoms with Crippen molar-refractivity contribution in [3.05, 3.63) is 28.8 Å². The smallest absolute Gasteiger partial charge is 0.261 e.